The second-order valence-corrected chi connectivity index (χ2v) is 4.33. The van der Waals surface area contributed by atoms with E-state index >= 15 is 0 Å². The normalized spacial score (nSPS) is 21.2. The topological polar surface area (TPSA) is 165 Å². The minimum absolute atomic E-state index is 0.0219. The molecule has 10 nitrogen and oxygen atoms in total. The van der Waals surface area contributed by atoms with Crippen molar-refractivity contribution < 1.29 is 29.0 Å². The monoisotopic (exact) mass is 288 g/mol. The van der Waals surface area contributed by atoms with Crippen LogP contribution in [0.5, 0.6) is 0 Å². The number of carboxylic acid groups (broad SMARTS) is 1. The summed E-state index contributed by atoms with van der Waals surface area (Å²) in [6.07, 6.45) is 0. The van der Waals surface area contributed by atoms with Crippen LogP contribution in [-0.2, 0) is 19.1 Å². The summed E-state index contributed by atoms with van der Waals surface area (Å²) in [4.78, 5) is 45.3. The molecule has 1 aliphatic rings. The fourth-order valence-corrected chi connectivity index (χ4v) is 1.77. The Bertz CT molecular complexity index is 410. The van der Waals surface area contributed by atoms with Gasteiger partial charge in [0.15, 0.2) is 0 Å². The van der Waals surface area contributed by atoms with Gasteiger partial charge in [0.2, 0.25) is 11.8 Å². The van der Waals surface area contributed by atoms with Gasteiger partial charge in [-0.2, -0.15) is 0 Å². The predicted molar refractivity (Wildman–Crippen MR) is 64.2 cm³/mol. The lowest BCUT2D eigenvalue weighted by molar-refractivity contribution is -0.142. The average molecular weight is 288 g/mol. The maximum atomic E-state index is 11.9. The van der Waals surface area contributed by atoms with Crippen molar-refractivity contribution in [3.05, 3.63) is 0 Å². The standard InChI is InChI=1S/C10H16N4O6/c11-7(15)1-14(2-8(12)16)10(19)13-6-4-20-3-5(6)9(17)18/h5-6H,1-4H2,(H2,11,15)(H2,12,16)(H,13,19)(H,17,18). The Hall–Kier alpha value is -2.36. The second-order valence-electron chi connectivity index (χ2n) is 4.33. The van der Waals surface area contributed by atoms with E-state index in [1.54, 1.807) is 0 Å². The van der Waals surface area contributed by atoms with Crippen molar-refractivity contribution in [2.75, 3.05) is 26.3 Å². The fraction of sp³-hybridized carbons (Fsp3) is 0.600. The molecule has 1 rings (SSSR count). The highest BCUT2D eigenvalue weighted by Crippen LogP contribution is 2.14. The summed E-state index contributed by atoms with van der Waals surface area (Å²) in [7, 11) is 0. The molecule has 4 amide bonds. The number of primary amides is 2. The number of rotatable bonds is 6. The molecule has 1 aliphatic heterocycles. The first-order valence-corrected chi connectivity index (χ1v) is 5.74. The van der Waals surface area contributed by atoms with Crippen LogP contribution >= 0.6 is 0 Å². The third kappa shape index (κ3) is 4.39. The lowest BCUT2D eigenvalue weighted by atomic mass is 10.0. The molecule has 0 bridgehead atoms. The van der Waals surface area contributed by atoms with Gasteiger partial charge in [0.05, 0.1) is 19.3 Å². The SMILES string of the molecule is NC(=O)CN(CC(N)=O)C(=O)NC1COCC1C(=O)O. The van der Waals surface area contributed by atoms with Crippen LogP contribution in [0.15, 0.2) is 0 Å². The molecular weight excluding hydrogens is 272 g/mol. The summed E-state index contributed by atoms with van der Waals surface area (Å²) < 4.78 is 4.98. The summed E-state index contributed by atoms with van der Waals surface area (Å²) in [6.45, 7) is -0.990. The van der Waals surface area contributed by atoms with Crippen LogP contribution in [0.2, 0.25) is 0 Å². The molecule has 10 heteroatoms. The number of urea groups is 1. The number of ether oxygens (including phenoxy) is 1. The van der Waals surface area contributed by atoms with Crippen LogP contribution in [0.25, 0.3) is 0 Å². The molecule has 2 unspecified atom stereocenters. The first kappa shape index (κ1) is 15.7. The minimum atomic E-state index is -1.11. The Morgan fingerprint density at radius 3 is 2.15 bits per heavy atom. The van der Waals surface area contributed by atoms with Crippen molar-refractivity contribution in [1.82, 2.24) is 10.2 Å². The molecule has 20 heavy (non-hydrogen) atoms. The Balaban J connectivity index is 2.67. The number of amides is 4. The number of aliphatic carboxylic acids is 1. The van der Waals surface area contributed by atoms with E-state index in [2.05, 4.69) is 5.32 Å². The number of nitrogens with two attached hydrogens (primary N) is 2. The van der Waals surface area contributed by atoms with Crippen molar-refractivity contribution >= 4 is 23.8 Å². The van der Waals surface area contributed by atoms with Crippen molar-refractivity contribution in [2.45, 2.75) is 6.04 Å². The summed E-state index contributed by atoms with van der Waals surface area (Å²) in [5, 5.41) is 11.3. The Morgan fingerprint density at radius 1 is 1.15 bits per heavy atom. The number of carboxylic acids is 1. The highest BCUT2D eigenvalue weighted by molar-refractivity contribution is 5.87. The molecule has 1 heterocycles. The van der Waals surface area contributed by atoms with Crippen molar-refractivity contribution in [1.29, 1.82) is 0 Å². The number of carbonyl (C=O) groups is 4. The second kappa shape index (κ2) is 6.70. The molecule has 6 N–H and O–H groups in total. The predicted octanol–water partition coefficient (Wildman–Crippen LogP) is -2.93. The van der Waals surface area contributed by atoms with E-state index in [-0.39, 0.29) is 13.2 Å². The van der Waals surface area contributed by atoms with E-state index in [0.717, 1.165) is 4.90 Å². The smallest absolute Gasteiger partial charge is 0.318 e. The average Bonchev–Trinajstić information content (AvgIpc) is 2.74. The van der Waals surface area contributed by atoms with Gasteiger partial charge in [-0.25, -0.2) is 4.79 Å². The first-order valence-electron chi connectivity index (χ1n) is 5.74. The molecule has 1 fully saturated rings. The molecule has 2 atom stereocenters. The largest absolute Gasteiger partial charge is 0.481 e. The molecule has 1 saturated heterocycles. The highest BCUT2D eigenvalue weighted by atomic mass is 16.5. The Labute approximate surface area is 114 Å². The molecule has 0 spiro atoms. The van der Waals surface area contributed by atoms with Crippen molar-refractivity contribution in [3.63, 3.8) is 0 Å². The number of carbonyl (C=O) groups excluding carboxylic acids is 3. The van der Waals surface area contributed by atoms with Gasteiger partial charge >= 0.3 is 12.0 Å². The quantitative estimate of drug-likeness (QED) is 0.408. The van der Waals surface area contributed by atoms with Gasteiger partial charge in [-0.05, 0) is 0 Å². The zero-order valence-corrected chi connectivity index (χ0v) is 10.6. The van der Waals surface area contributed by atoms with Crippen LogP contribution in [0.3, 0.4) is 0 Å². The molecule has 0 radical (unpaired) electrons. The lowest BCUT2D eigenvalue weighted by Gasteiger charge is -2.23. The molecule has 0 aliphatic carbocycles. The third-order valence-electron chi connectivity index (χ3n) is 2.69. The van der Waals surface area contributed by atoms with Gasteiger partial charge in [0.1, 0.15) is 19.0 Å². The zero-order valence-electron chi connectivity index (χ0n) is 10.6. The van der Waals surface area contributed by atoms with E-state index in [9.17, 15) is 19.2 Å². The van der Waals surface area contributed by atoms with E-state index in [0.29, 0.717) is 0 Å². The van der Waals surface area contributed by atoms with E-state index in [1.807, 2.05) is 0 Å². The summed E-state index contributed by atoms with van der Waals surface area (Å²) in [5.41, 5.74) is 9.92. The van der Waals surface area contributed by atoms with Crippen LogP contribution in [-0.4, -0.2) is 66.2 Å². The number of hydrogen-bond acceptors (Lipinski definition) is 5. The maximum absolute atomic E-state index is 11.9. The third-order valence-corrected chi connectivity index (χ3v) is 2.69. The van der Waals surface area contributed by atoms with E-state index in [4.69, 9.17) is 21.3 Å². The van der Waals surface area contributed by atoms with Crippen LogP contribution in [0, 0.1) is 5.92 Å². The van der Waals surface area contributed by atoms with Crippen LogP contribution in [0.1, 0.15) is 0 Å². The van der Waals surface area contributed by atoms with Crippen molar-refractivity contribution in [3.8, 4) is 0 Å². The van der Waals surface area contributed by atoms with Gasteiger partial charge in [-0.15, -0.1) is 0 Å². The molecule has 0 aromatic carbocycles. The fourth-order valence-electron chi connectivity index (χ4n) is 1.77. The molecule has 0 aromatic rings. The highest BCUT2D eigenvalue weighted by Gasteiger charge is 2.36. The summed E-state index contributed by atoms with van der Waals surface area (Å²) >= 11 is 0. The maximum Gasteiger partial charge on any atom is 0.318 e. The van der Waals surface area contributed by atoms with Crippen molar-refractivity contribution in [2.24, 2.45) is 17.4 Å². The minimum Gasteiger partial charge on any atom is -0.481 e. The Kier molecular flexibility index (Phi) is 5.26. The van der Waals surface area contributed by atoms with Gasteiger partial charge in [0, 0.05) is 0 Å². The molecule has 112 valence electrons. The van der Waals surface area contributed by atoms with Crippen LogP contribution in [0.4, 0.5) is 4.79 Å². The van der Waals surface area contributed by atoms with E-state index < -0.39 is 48.9 Å². The van der Waals surface area contributed by atoms with Gasteiger partial charge in [-0.3, -0.25) is 14.4 Å². The van der Waals surface area contributed by atoms with Crippen LogP contribution < -0.4 is 16.8 Å². The number of nitrogens with one attached hydrogen (secondary N) is 1. The summed E-state index contributed by atoms with van der Waals surface area (Å²) in [5.74, 6) is -3.63. The number of hydrogen-bond donors (Lipinski definition) is 4. The zero-order chi connectivity index (χ0) is 15.3. The summed E-state index contributed by atoms with van der Waals surface area (Å²) in [6, 6.07) is -1.55. The van der Waals surface area contributed by atoms with Gasteiger partial charge in [-0.1, -0.05) is 0 Å². The first-order chi connectivity index (χ1) is 9.31. The molecule has 0 aromatic heterocycles. The van der Waals surface area contributed by atoms with E-state index in [1.165, 1.54) is 0 Å². The molecule has 0 saturated carbocycles. The lowest BCUT2D eigenvalue weighted by Crippen LogP contribution is -2.52. The number of nitrogens with zero attached hydrogens (tertiary/aromatic N) is 1. The molecular formula is C10H16N4O6. The van der Waals surface area contributed by atoms with Gasteiger partial charge in [0.25, 0.3) is 0 Å². The Morgan fingerprint density at radius 2 is 1.70 bits per heavy atom. The van der Waals surface area contributed by atoms with Gasteiger partial charge < -0.3 is 31.5 Å².